The molecule has 4 aromatic carbocycles. The van der Waals surface area contributed by atoms with E-state index in [4.69, 9.17) is 14.4 Å². The highest BCUT2D eigenvalue weighted by atomic mass is 16.3. The van der Waals surface area contributed by atoms with Crippen LogP contribution in [-0.2, 0) is 0 Å². The standard InChI is InChI=1S/C30H17BN4O/c1-14-32-19-12-10-17-24-16-6-3-4-9-23(16)36-30(24)18-11-13-20-29-26(18)31-25(17)28(19)34(14)21-7-5-8-22(27(21)31)35(29)15(2)33-20/h3-13H,1-2H3. The third kappa shape index (κ3) is 1.70. The lowest BCUT2D eigenvalue weighted by Crippen LogP contribution is -2.60. The zero-order valence-corrected chi connectivity index (χ0v) is 19.6. The van der Waals surface area contributed by atoms with Gasteiger partial charge in [-0.25, -0.2) is 9.97 Å². The summed E-state index contributed by atoms with van der Waals surface area (Å²) in [6, 6.07) is 23.9. The van der Waals surface area contributed by atoms with E-state index in [0.29, 0.717) is 0 Å². The van der Waals surface area contributed by atoms with Crippen LogP contribution in [0.3, 0.4) is 0 Å². The molecule has 0 spiro atoms. The van der Waals surface area contributed by atoms with Crippen LogP contribution in [0.2, 0.25) is 0 Å². The van der Waals surface area contributed by atoms with Gasteiger partial charge in [0.2, 0.25) is 0 Å². The van der Waals surface area contributed by atoms with Crippen LogP contribution in [0, 0.1) is 13.8 Å². The van der Waals surface area contributed by atoms with Crippen LogP contribution in [0.25, 0.3) is 66.9 Å². The molecule has 0 fully saturated rings. The molecule has 5 nitrogen and oxygen atoms in total. The first-order valence-corrected chi connectivity index (χ1v) is 12.4. The first-order chi connectivity index (χ1) is 17.7. The molecule has 3 aromatic heterocycles. The zero-order chi connectivity index (χ0) is 23.4. The Morgan fingerprint density at radius 3 is 2.03 bits per heavy atom. The van der Waals surface area contributed by atoms with E-state index in [0.717, 1.165) is 45.0 Å². The molecular formula is C30H17BN4O. The molecule has 0 amide bonds. The molecule has 0 atom stereocenters. The fourth-order valence-corrected chi connectivity index (χ4v) is 7.37. The van der Waals surface area contributed by atoms with Crippen molar-refractivity contribution < 1.29 is 4.42 Å². The molecule has 166 valence electrons. The van der Waals surface area contributed by atoms with Crippen molar-refractivity contribution in [2.75, 3.05) is 0 Å². The molecule has 0 unspecified atom stereocenters. The first-order valence-electron chi connectivity index (χ1n) is 12.4. The molecule has 6 heteroatoms. The minimum absolute atomic E-state index is 0.0853. The number of aromatic nitrogens is 4. The van der Waals surface area contributed by atoms with E-state index >= 15 is 0 Å². The van der Waals surface area contributed by atoms with Gasteiger partial charge in [0, 0.05) is 27.9 Å². The summed E-state index contributed by atoms with van der Waals surface area (Å²) in [6.45, 7) is 4.31. The second kappa shape index (κ2) is 5.47. The predicted molar refractivity (Wildman–Crippen MR) is 144 cm³/mol. The Morgan fingerprint density at radius 2 is 1.31 bits per heavy atom. The fourth-order valence-electron chi connectivity index (χ4n) is 7.37. The second-order valence-corrected chi connectivity index (χ2v) is 10.2. The molecular weight excluding hydrogens is 443 g/mol. The monoisotopic (exact) mass is 460 g/mol. The predicted octanol–water partition coefficient (Wildman–Crippen LogP) is 4.52. The van der Waals surface area contributed by atoms with Gasteiger partial charge >= 0.3 is 0 Å². The van der Waals surface area contributed by atoms with Gasteiger partial charge < -0.3 is 4.42 Å². The zero-order valence-electron chi connectivity index (χ0n) is 19.6. The lowest BCUT2D eigenvalue weighted by atomic mass is 9.33. The summed E-state index contributed by atoms with van der Waals surface area (Å²) >= 11 is 0. The van der Waals surface area contributed by atoms with Crippen molar-refractivity contribution in [1.82, 2.24) is 19.1 Å². The Morgan fingerprint density at radius 1 is 0.667 bits per heavy atom. The molecule has 0 bridgehead atoms. The molecule has 0 radical (unpaired) electrons. The summed E-state index contributed by atoms with van der Waals surface area (Å²) in [7, 11) is 0. The van der Waals surface area contributed by atoms with Gasteiger partial charge in [-0.15, -0.1) is 0 Å². The van der Waals surface area contributed by atoms with Crippen molar-refractivity contribution in [3.63, 3.8) is 0 Å². The van der Waals surface area contributed by atoms with E-state index in [-0.39, 0.29) is 6.71 Å². The molecule has 0 saturated heterocycles. The molecule has 36 heavy (non-hydrogen) atoms. The van der Waals surface area contributed by atoms with Crippen molar-refractivity contribution in [2.24, 2.45) is 0 Å². The molecule has 6 heterocycles. The number of furan rings is 1. The number of aryl methyl sites for hydroxylation is 2. The fraction of sp³-hybridized carbons (Fsp3) is 0.0667. The molecule has 0 N–H and O–H groups in total. The number of rotatable bonds is 0. The van der Waals surface area contributed by atoms with Gasteiger partial charge in [-0.1, -0.05) is 30.3 Å². The average Bonchev–Trinajstić information content (AvgIpc) is 3.53. The van der Waals surface area contributed by atoms with E-state index in [2.05, 4.69) is 83.6 Å². The van der Waals surface area contributed by atoms with Gasteiger partial charge in [-0.05, 0) is 72.2 Å². The Kier molecular flexibility index (Phi) is 2.70. The molecule has 10 rings (SSSR count). The largest absolute Gasteiger partial charge is 0.455 e. The van der Waals surface area contributed by atoms with Crippen molar-refractivity contribution in [2.45, 2.75) is 13.8 Å². The third-order valence-corrected chi connectivity index (χ3v) is 8.57. The number of nitrogens with zero attached hydrogens (tertiary/aromatic N) is 4. The van der Waals surface area contributed by atoms with Crippen LogP contribution in [0.1, 0.15) is 11.6 Å². The number of imidazole rings is 2. The molecule has 3 aliphatic rings. The van der Waals surface area contributed by atoms with Crippen LogP contribution >= 0.6 is 0 Å². The van der Waals surface area contributed by atoms with E-state index in [9.17, 15) is 0 Å². The summed E-state index contributed by atoms with van der Waals surface area (Å²) in [5, 5.41) is 1.15. The summed E-state index contributed by atoms with van der Waals surface area (Å²) in [6.07, 6.45) is 0. The van der Waals surface area contributed by atoms with Gasteiger partial charge in [0.25, 0.3) is 6.71 Å². The molecule has 0 saturated carbocycles. The van der Waals surface area contributed by atoms with Crippen LogP contribution in [0.5, 0.6) is 0 Å². The minimum Gasteiger partial charge on any atom is -0.455 e. The molecule has 0 aliphatic carbocycles. The van der Waals surface area contributed by atoms with E-state index in [1.54, 1.807) is 0 Å². The number of hydrogen-bond donors (Lipinski definition) is 0. The highest BCUT2D eigenvalue weighted by Crippen LogP contribution is 2.45. The topological polar surface area (TPSA) is 48.8 Å². The summed E-state index contributed by atoms with van der Waals surface area (Å²) in [5.41, 5.74) is 15.4. The van der Waals surface area contributed by atoms with Crippen LogP contribution in [-0.4, -0.2) is 25.8 Å². The van der Waals surface area contributed by atoms with Gasteiger partial charge in [-0.2, -0.15) is 0 Å². The van der Waals surface area contributed by atoms with Crippen molar-refractivity contribution in [3.8, 4) is 33.8 Å². The maximum Gasteiger partial charge on any atom is 0.254 e. The highest BCUT2D eigenvalue weighted by Gasteiger charge is 2.46. The number of hydrogen-bond acceptors (Lipinski definition) is 3. The smallest absolute Gasteiger partial charge is 0.254 e. The normalized spacial score (nSPS) is 13.8. The van der Waals surface area contributed by atoms with Gasteiger partial charge in [0.15, 0.2) is 0 Å². The quantitative estimate of drug-likeness (QED) is 0.313. The highest BCUT2D eigenvalue weighted by molar-refractivity contribution is 7.02. The SMILES string of the molecule is Cc1nc2ccc3c4c2n1-c1cccc2c1B4c1c(ccc4nc(C)n-2c14)-c1c-3oc2ccccc12. The summed E-state index contributed by atoms with van der Waals surface area (Å²) < 4.78 is 11.4. The van der Waals surface area contributed by atoms with Crippen molar-refractivity contribution in [1.29, 1.82) is 0 Å². The molecule has 7 aromatic rings. The Bertz CT molecular complexity index is 2190. The maximum absolute atomic E-state index is 6.69. The average molecular weight is 460 g/mol. The number of para-hydroxylation sites is 1. The van der Waals surface area contributed by atoms with Gasteiger partial charge in [0.05, 0.1) is 22.1 Å². The molecule has 3 aliphatic heterocycles. The third-order valence-electron chi connectivity index (χ3n) is 8.57. The maximum atomic E-state index is 6.69. The van der Waals surface area contributed by atoms with Crippen LogP contribution in [0.4, 0.5) is 0 Å². The number of benzene rings is 4. The minimum atomic E-state index is 0.0853. The Labute approximate surface area is 205 Å². The van der Waals surface area contributed by atoms with E-state index in [1.165, 1.54) is 49.9 Å². The number of fused-ring (bicyclic) bond motifs is 7. The summed E-state index contributed by atoms with van der Waals surface area (Å²) in [4.78, 5) is 10.0. The van der Waals surface area contributed by atoms with Gasteiger partial charge in [-0.3, -0.25) is 9.13 Å². The summed E-state index contributed by atoms with van der Waals surface area (Å²) in [5.74, 6) is 2.97. The van der Waals surface area contributed by atoms with Crippen molar-refractivity contribution in [3.05, 3.63) is 78.4 Å². The van der Waals surface area contributed by atoms with Gasteiger partial charge in [0.1, 0.15) is 23.0 Å². The first kappa shape index (κ1) is 17.8. The lowest BCUT2D eigenvalue weighted by molar-refractivity contribution is 0.633. The van der Waals surface area contributed by atoms with E-state index in [1.807, 2.05) is 6.07 Å². The van der Waals surface area contributed by atoms with E-state index < -0.39 is 0 Å². The lowest BCUT2D eigenvalue weighted by Gasteiger charge is -2.33. The second-order valence-electron chi connectivity index (χ2n) is 10.2. The van der Waals surface area contributed by atoms with Crippen LogP contribution in [0.15, 0.2) is 71.1 Å². The van der Waals surface area contributed by atoms with Crippen LogP contribution < -0.4 is 16.4 Å². The Hall–Kier alpha value is -4.58. The Balaban J connectivity index is 1.58. The van der Waals surface area contributed by atoms with Crippen molar-refractivity contribution >= 4 is 56.1 Å².